The lowest BCUT2D eigenvalue weighted by atomic mass is 9.95. The Kier molecular flexibility index (Phi) is 8.89. The van der Waals surface area contributed by atoms with Gasteiger partial charge in [-0.15, -0.1) is 0 Å². The maximum absolute atomic E-state index is 13.2. The third-order valence-electron chi connectivity index (χ3n) is 7.01. The molecule has 204 valence electrons. The smallest absolute Gasteiger partial charge is 0.295 e. The number of sulfonamides is 1. The zero-order valence-corrected chi connectivity index (χ0v) is 23.0. The van der Waals surface area contributed by atoms with Crippen LogP contribution < -0.4 is 0 Å². The molecule has 0 spiro atoms. The van der Waals surface area contributed by atoms with Crippen molar-refractivity contribution in [2.45, 2.75) is 24.8 Å². The Balaban J connectivity index is 1.71. The monoisotopic (exact) mass is 561 g/mol. The molecule has 2 aromatic rings. The summed E-state index contributed by atoms with van der Waals surface area (Å²) in [5.74, 6) is -1.83. The first-order chi connectivity index (χ1) is 18.2. The molecular formula is C27H32ClN3O6S. The van der Waals surface area contributed by atoms with Gasteiger partial charge < -0.3 is 19.6 Å². The average Bonchev–Trinajstić information content (AvgIpc) is 3.19. The summed E-state index contributed by atoms with van der Waals surface area (Å²) in [5.41, 5.74) is 0.841. The molecule has 1 amide bonds. The van der Waals surface area contributed by atoms with Crippen molar-refractivity contribution in [3.8, 4) is 0 Å². The maximum Gasteiger partial charge on any atom is 0.295 e. The van der Waals surface area contributed by atoms with E-state index in [2.05, 4.69) is 4.90 Å². The topological polar surface area (TPSA) is 107 Å². The SMILES string of the molecule is CCN(CC)CCN1C(=O)C(=O)C(=C(O)c2ccc(S(=O)(=O)N3CCOCC3)cc2)C1c1ccc(Cl)cc1. The fourth-order valence-electron chi connectivity index (χ4n) is 4.77. The fraction of sp³-hybridized carbons (Fsp3) is 0.407. The molecule has 2 fully saturated rings. The first kappa shape index (κ1) is 28.3. The third-order valence-corrected chi connectivity index (χ3v) is 9.18. The number of nitrogens with zero attached hydrogens (tertiary/aromatic N) is 3. The number of hydrogen-bond acceptors (Lipinski definition) is 7. The third kappa shape index (κ3) is 5.64. The predicted molar refractivity (Wildman–Crippen MR) is 144 cm³/mol. The summed E-state index contributed by atoms with van der Waals surface area (Å²) in [6.07, 6.45) is 0. The highest BCUT2D eigenvalue weighted by atomic mass is 35.5. The number of ketones is 1. The molecule has 9 nitrogen and oxygen atoms in total. The van der Waals surface area contributed by atoms with Gasteiger partial charge in [0.05, 0.1) is 29.7 Å². The molecule has 38 heavy (non-hydrogen) atoms. The Morgan fingerprint density at radius 1 is 1.03 bits per heavy atom. The second kappa shape index (κ2) is 12.0. The number of benzene rings is 2. The number of aliphatic hydroxyl groups is 1. The number of Topliss-reactive ketones (excluding diaryl/α,β-unsaturated/α-hetero) is 1. The zero-order chi connectivity index (χ0) is 27.4. The summed E-state index contributed by atoms with van der Waals surface area (Å²) in [4.78, 5) is 30.1. The van der Waals surface area contributed by atoms with Crippen LogP contribution in [0, 0.1) is 0 Å². The molecule has 2 aliphatic heterocycles. The predicted octanol–water partition coefficient (Wildman–Crippen LogP) is 3.12. The number of ether oxygens (including phenoxy) is 1. The molecule has 0 aliphatic carbocycles. The van der Waals surface area contributed by atoms with Crippen LogP contribution in [0.5, 0.6) is 0 Å². The number of amides is 1. The number of aliphatic hydroxyl groups excluding tert-OH is 1. The van der Waals surface area contributed by atoms with E-state index in [9.17, 15) is 23.1 Å². The van der Waals surface area contributed by atoms with E-state index < -0.39 is 27.8 Å². The van der Waals surface area contributed by atoms with Gasteiger partial charge in [0.1, 0.15) is 5.76 Å². The largest absolute Gasteiger partial charge is 0.507 e. The quantitative estimate of drug-likeness (QED) is 0.285. The van der Waals surface area contributed by atoms with Crippen molar-refractivity contribution in [3.63, 3.8) is 0 Å². The normalized spacial score (nSPS) is 20.4. The molecule has 0 bridgehead atoms. The summed E-state index contributed by atoms with van der Waals surface area (Å²) < 4.78 is 32.6. The van der Waals surface area contributed by atoms with Gasteiger partial charge >= 0.3 is 0 Å². The van der Waals surface area contributed by atoms with Crippen LogP contribution in [0.25, 0.3) is 5.76 Å². The van der Waals surface area contributed by atoms with Crippen LogP contribution in [0.1, 0.15) is 31.0 Å². The Hall–Kier alpha value is -2.76. The van der Waals surface area contributed by atoms with Crippen LogP contribution in [-0.2, 0) is 24.3 Å². The fourth-order valence-corrected chi connectivity index (χ4v) is 6.30. The number of likely N-dealkylation sites (tertiary alicyclic amines) is 1. The Morgan fingerprint density at radius 2 is 1.63 bits per heavy atom. The van der Waals surface area contributed by atoms with Crippen LogP contribution in [0.15, 0.2) is 59.0 Å². The van der Waals surface area contributed by atoms with Crippen molar-refractivity contribution in [1.82, 2.24) is 14.1 Å². The van der Waals surface area contributed by atoms with Gasteiger partial charge in [0.2, 0.25) is 10.0 Å². The van der Waals surface area contributed by atoms with Gasteiger partial charge in [-0.1, -0.05) is 37.6 Å². The van der Waals surface area contributed by atoms with E-state index in [0.717, 1.165) is 13.1 Å². The van der Waals surface area contributed by atoms with Gasteiger partial charge in [0.15, 0.2) is 0 Å². The lowest BCUT2D eigenvalue weighted by Crippen LogP contribution is -2.40. The second-order valence-corrected chi connectivity index (χ2v) is 11.5. The number of rotatable bonds is 9. The molecule has 2 aromatic carbocycles. The molecule has 1 N–H and O–H groups in total. The highest BCUT2D eigenvalue weighted by molar-refractivity contribution is 7.89. The minimum Gasteiger partial charge on any atom is -0.507 e. The van der Waals surface area contributed by atoms with Crippen molar-refractivity contribution in [2.75, 3.05) is 52.5 Å². The molecule has 2 aliphatic rings. The number of halogens is 1. The summed E-state index contributed by atoms with van der Waals surface area (Å²) in [6.45, 7) is 7.70. The van der Waals surface area contributed by atoms with Crippen molar-refractivity contribution in [3.05, 3.63) is 70.3 Å². The van der Waals surface area contributed by atoms with E-state index in [1.165, 1.54) is 33.5 Å². The summed E-state index contributed by atoms with van der Waals surface area (Å²) in [5, 5.41) is 11.8. The minimum absolute atomic E-state index is 0.0411. The minimum atomic E-state index is -3.72. The molecule has 0 aromatic heterocycles. The molecule has 1 unspecified atom stereocenters. The van der Waals surface area contributed by atoms with E-state index >= 15 is 0 Å². The van der Waals surface area contributed by atoms with Crippen LogP contribution >= 0.6 is 11.6 Å². The second-order valence-electron chi connectivity index (χ2n) is 9.11. The Morgan fingerprint density at radius 3 is 2.21 bits per heavy atom. The van der Waals surface area contributed by atoms with Crippen LogP contribution in [0.3, 0.4) is 0 Å². The lowest BCUT2D eigenvalue weighted by Gasteiger charge is -2.28. The summed E-state index contributed by atoms with van der Waals surface area (Å²) in [7, 11) is -3.72. The maximum atomic E-state index is 13.2. The van der Waals surface area contributed by atoms with E-state index in [-0.39, 0.29) is 34.9 Å². The first-order valence-corrected chi connectivity index (χ1v) is 14.4. The molecule has 11 heteroatoms. The standard InChI is InChI=1S/C27H32ClN3O6S/c1-3-29(4-2)13-14-31-24(19-5-9-21(28)10-6-19)23(26(33)27(31)34)25(32)20-7-11-22(12-8-20)38(35,36)30-15-17-37-18-16-30/h5-12,24,32H,3-4,13-18H2,1-2H3. The van der Waals surface area contributed by atoms with Gasteiger partial charge in [-0.3, -0.25) is 9.59 Å². The van der Waals surface area contributed by atoms with E-state index in [4.69, 9.17) is 16.3 Å². The molecule has 4 rings (SSSR count). The van der Waals surface area contributed by atoms with Crippen molar-refractivity contribution < 1.29 is 27.9 Å². The first-order valence-electron chi connectivity index (χ1n) is 12.6. The van der Waals surface area contributed by atoms with E-state index in [0.29, 0.717) is 36.9 Å². The van der Waals surface area contributed by atoms with Crippen molar-refractivity contribution >= 4 is 39.1 Å². The van der Waals surface area contributed by atoms with Gasteiger partial charge in [0, 0.05) is 36.8 Å². The van der Waals surface area contributed by atoms with Crippen molar-refractivity contribution in [2.24, 2.45) is 0 Å². The highest BCUT2D eigenvalue weighted by Gasteiger charge is 2.46. The molecule has 1 atom stereocenters. The van der Waals surface area contributed by atoms with E-state index in [1.54, 1.807) is 24.3 Å². The van der Waals surface area contributed by atoms with Crippen LogP contribution in [0.4, 0.5) is 0 Å². The van der Waals surface area contributed by atoms with E-state index in [1.807, 2.05) is 13.8 Å². The van der Waals surface area contributed by atoms with Crippen LogP contribution in [0.2, 0.25) is 5.02 Å². The van der Waals surface area contributed by atoms with Gasteiger partial charge in [-0.2, -0.15) is 4.31 Å². The lowest BCUT2D eigenvalue weighted by molar-refractivity contribution is -0.140. The Bertz CT molecular complexity index is 1300. The van der Waals surface area contributed by atoms with Gasteiger partial charge in [-0.05, 0) is 55.1 Å². The average molecular weight is 562 g/mol. The number of carbonyl (C=O) groups excluding carboxylic acids is 2. The van der Waals surface area contributed by atoms with Gasteiger partial charge in [0.25, 0.3) is 11.7 Å². The van der Waals surface area contributed by atoms with Crippen molar-refractivity contribution in [1.29, 1.82) is 0 Å². The molecule has 0 saturated carbocycles. The Labute approximate surface area is 228 Å². The molecule has 2 saturated heterocycles. The zero-order valence-electron chi connectivity index (χ0n) is 21.5. The molecular weight excluding hydrogens is 530 g/mol. The van der Waals surface area contributed by atoms with Crippen LogP contribution in [-0.4, -0.2) is 91.8 Å². The molecule has 2 heterocycles. The number of morpholine rings is 1. The summed E-state index contributed by atoms with van der Waals surface area (Å²) in [6, 6.07) is 11.7. The molecule has 0 radical (unpaired) electrons. The number of likely N-dealkylation sites (N-methyl/N-ethyl adjacent to an activating group) is 1. The highest BCUT2D eigenvalue weighted by Crippen LogP contribution is 2.39. The number of carbonyl (C=O) groups is 2. The van der Waals surface area contributed by atoms with Gasteiger partial charge in [-0.25, -0.2) is 8.42 Å². The summed E-state index contributed by atoms with van der Waals surface area (Å²) >= 11 is 6.08. The number of hydrogen-bond donors (Lipinski definition) is 1.